The molecule has 41 heavy (non-hydrogen) atoms. The van der Waals surface area contributed by atoms with Crippen molar-refractivity contribution in [3.8, 4) is 0 Å². The Kier molecular flexibility index (Phi) is 17.3. The summed E-state index contributed by atoms with van der Waals surface area (Å²) in [6.07, 6.45) is 5.65. The van der Waals surface area contributed by atoms with Crippen LogP contribution in [0.4, 0.5) is 11.4 Å². The fraction of sp³-hybridized carbons (Fsp3) is 0.474. The number of fused-ring (bicyclic) bond motifs is 3. The van der Waals surface area contributed by atoms with Gasteiger partial charge in [-0.15, -0.1) is 0 Å². The molecule has 0 fully saturated rings. The van der Waals surface area contributed by atoms with Crippen LogP contribution in [0.3, 0.4) is 0 Å². The van der Waals surface area contributed by atoms with E-state index >= 15 is 0 Å². The zero-order chi connectivity index (χ0) is 30.7. The molecule has 0 amide bonds. The molecule has 3 heteroatoms. The fourth-order valence-corrected chi connectivity index (χ4v) is 3.65. The maximum atomic E-state index is 3.36. The fourth-order valence-electron chi connectivity index (χ4n) is 3.65. The maximum absolute atomic E-state index is 3.36. The molecule has 0 radical (unpaired) electrons. The molecule has 0 unspecified atom stereocenters. The highest BCUT2D eigenvalue weighted by Gasteiger charge is 2.06. The molecular weight excluding hydrogens is 498 g/mol. The van der Waals surface area contributed by atoms with Gasteiger partial charge in [0.05, 0.1) is 0 Å². The van der Waals surface area contributed by atoms with Gasteiger partial charge in [-0.3, -0.25) is 0 Å². The van der Waals surface area contributed by atoms with Crippen molar-refractivity contribution in [1.82, 2.24) is 4.98 Å². The van der Waals surface area contributed by atoms with Crippen LogP contribution >= 0.6 is 0 Å². The molecular formula is C38H59N3. The van der Waals surface area contributed by atoms with Crippen LogP contribution in [0.1, 0.15) is 86.8 Å². The normalized spacial score (nSPS) is 12.5. The van der Waals surface area contributed by atoms with Crippen molar-refractivity contribution in [2.75, 3.05) is 23.7 Å². The van der Waals surface area contributed by atoms with Crippen molar-refractivity contribution < 1.29 is 0 Å². The highest BCUT2D eigenvalue weighted by Crippen LogP contribution is 2.21. The maximum Gasteiger partial charge on any atom is 0.0453 e. The van der Waals surface area contributed by atoms with Crippen LogP contribution in [0.25, 0.3) is 10.9 Å². The van der Waals surface area contributed by atoms with Crippen LogP contribution in [0, 0.1) is 17.3 Å². The van der Waals surface area contributed by atoms with Crippen LogP contribution in [0.2, 0.25) is 0 Å². The first-order valence-corrected chi connectivity index (χ1v) is 15.5. The molecule has 2 aliphatic rings. The number of rotatable bonds is 0. The summed E-state index contributed by atoms with van der Waals surface area (Å²) >= 11 is 0. The van der Waals surface area contributed by atoms with Gasteiger partial charge in [0.1, 0.15) is 0 Å². The van der Waals surface area contributed by atoms with Gasteiger partial charge >= 0.3 is 0 Å². The molecule has 0 atom stereocenters. The summed E-state index contributed by atoms with van der Waals surface area (Å²) in [7, 11) is 0. The zero-order valence-corrected chi connectivity index (χ0v) is 27.8. The van der Waals surface area contributed by atoms with Gasteiger partial charge in [0.2, 0.25) is 0 Å². The number of nitrogens with one attached hydrogen (secondary N) is 3. The SMILES string of the molecule is CC(C)(C)C.CC(C)C.CC(C)C.c1ccc2[nH]ccc2c1.c1ccc2c(c1)CCCN2.c1ccc2c(c1)CCN2. The van der Waals surface area contributed by atoms with Crippen LogP contribution in [-0.4, -0.2) is 18.1 Å². The van der Waals surface area contributed by atoms with Gasteiger partial charge in [0, 0.05) is 36.2 Å². The van der Waals surface area contributed by atoms with Crippen molar-refractivity contribution in [2.45, 2.75) is 88.5 Å². The molecule has 3 heterocycles. The summed E-state index contributed by atoms with van der Waals surface area (Å²) in [5, 5.41) is 7.94. The number of H-pyrrole nitrogens is 1. The smallest absolute Gasteiger partial charge is 0.0453 e. The summed E-state index contributed by atoms with van der Waals surface area (Å²) < 4.78 is 0. The lowest BCUT2D eigenvalue weighted by atomic mass is 10.0. The van der Waals surface area contributed by atoms with Crippen molar-refractivity contribution in [3.63, 3.8) is 0 Å². The van der Waals surface area contributed by atoms with Crippen LogP contribution < -0.4 is 10.6 Å². The minimum absolute atomic E-state index is 0.500. The Balaban J connectivity index is 0.000000257. The highest BCUT2D eigenvalue weighted by atomic mass is 14.9. The number of benzene rings is 3. The van der Waals surface area contributed by atoms with Crippen molar-refractivity contribution in [3.05, 3.63) is 96.2 Å². The molecule has 0 aliphatic carbocycles. The quantitative estimate of drug-likeness (QED) is 0.201. The molecule has 6 rings (SSSR count). The molecule has 3 aromatic carbocycles. The summed E-state index contributed by atoms with van der Waals surface area (Å²) in [5.41, 5.74) is 7.27. The van der Waals surface area contributed by atoms with E-state index in [1.165, 1.54) is 52.7 Å². The van der Waals surface area contributed by atoms with E-state index in [1.54, 1.807) is 0 Å². The Morgan fingerprint density at radius 3 is 1.51 bits per heavy atom. The standard InChI is InChI=1S/C9H11N.C8H9N.C8H7N.C5H12.2C4H10/c1-2-6-9-8(4-1)5-3-7-10-9;2*1-2-4-8-7(3-1)5-6-9-8;1-5(2,3)4;2*1-4(2)3/h1-2,4,6,10H,3,5,7H2;1-4,9H,5-6H2;1-6,9H;1-4H3;2*4H,1-3H3. The number of aromatic nitrogens is 1. The molecule has 3 N–H and O–H groups in total. The minimum Gasteiger partial charge on any atom is -0.385 e. The largest absolute Gasteiger partial charge is 0.385 e. The van der Waals surface area contributed by atoms with Gasteiger partial charge in [-0.05, 0) is 77.3 Å². The third-order valence-electron chi connectivity index (χ3n) is 5.15. The number of para-hydroxylation sites is 3. The van der Waals surface area contributed by atoms with E-state index in [0.717, 1.165) is 24.9 Å². The Morgan fingerprint density at radius 1 is 0.561 bits per heavy atom. The first-order valence-electron chi connectivity index (χ1n) is 15.5. The lowest BCUT2D eigenvalue weighted by Gasteiger charge is -2.16. The van der Waals surface area contributed by atoms with Gasteiger partial charge in [-0.2, -0.15) is 0 Å². The van der Waals surface area contributed by atoms with Gasteiger partial charge in [0.25, 0.3) is 0 Å². The van der Waals surface area contributed by atoms with Crippen LogP contribution in [0.5, 0.6) is 0 Å². The van der Waals surface area contributed by atoms with E-state index in [-0.39, 0.29) is 0 Å². The van der Waals surface area contributed by atoms with Crippen LogP contribution in [-0.2, 0) is 12.8 Å². The van der Waals surface area contributed by atoms with Crippen molar-refractivity contribution >= 4 is 22.3 Å². The van der Waals surface area contributed by atoms with Gasteiger partial charge in [-0.25, -0.2) is 0 Å². The van der Waals surface area contributed by atoms with E-state index in [0.29, 0.717) is 5.41 Å². The molecule has 0 saturated heterocycles. The lowest BCUT2D eigenvalue weighted by molar-refractivity contribution is 0.469. The van der Waals surface area contributed by atoms with E-state index in [9.17, 15) is 0 Å². The molecule has 2 aliphatic heterocycles. The summed E-state index contributed by atoms with van der Waals surface area (Å²) in [5.74, 6) is 1.67. The molecule has 3 nitrogen and oxygen atoms in total. The Labute approximate surface area is 252 Å². The number of anilines is 2. The second kappa shape index (κ2) is 19.8. The number of aromatic amines is 1. The average Bonchev–Trinajstić information content (AvgIpc) is 3.58. The molecule has 0 bridgehead atoms. The van der Waals surface area contributed by atoms with E-state index < -0.39 is 0 Å². The van der Waals surface area contributed by atoms with E-state index in [4.69, 9.17) is 0 Å². The third-order valence-corrected chi connectivity index (χ3v) is 5.15. The van der Waals surface area contributed by atoms with Gasteiger partial charge in [-0.1, -0.05) is 124 Å². The Hall–Kier alpha value is -3.20. The van der Waals surface area contributed by atoms with Crippen LogP contribution in [0.15, 0.2) is 85.1 Å². The number of aryl methyl sites for hydroxylation is 1. The molecule has 1 aromatic heterocycles. The molecule has 4 aromatic rings. The predicted octanol–water partition coefficient (Wildman–Crippen LogP) is 11.2. The zero-order valence-electron chi connectivity index (χ0n) is 27.8. The summed E-state index contributed by atoms with van der Waals surface area (Å²) in [4.78, 5) is 3.12. The Bertz CT molecular complexity index is 1100. The molecule has 0 spiro atoms. The summed E-state index contributed by atoms with van der Waals surface area (Å²) in [6, 6.07) is 27.3. The second-order valence-corrected chi connectivity index (χ2v) is 13.6. The van der Waals surface area contributed by atoms with Crippen molar-refractivity contribution in [2.24, 2.45) is 17.3 Å². The minimum atomic E-state index is 0.500. The topological polar surface area (TPSA) is 39.9 Å². The molecule has 226 valence electrons. The van der Waals surface area contributed by atoms with Crippen molar-refractivity contribution in [1.29, 1.82) is 0 Å². The number of hydrogen-bond donors (Lipinski definition) is 3. The number of hydrogen-bond acceptors (Lipinski definition) is 2. The second-order valence-electron chi connectivity index (χ2n) is 13.6. The predicted molar refractivity (Wildman–Crippen MR) is 186 cm³/mol. The molecule has 0 saturated carbocycles. The monoisotopic (exact) mass is 557 g/mol. The van der Waals surface area contributed by atoms with E-state index in [2.05, 4.69) is 152 Å². The van der Waals surface area contributed by atoms with E-state index in [1.807, 2.05) is 18.3 Å². The first kappa shape index (κ1) is 35.8. The van der Waals surface area contributed by atoms with Gasteiger partial charge in [0.15, 0.2) is 0 Å². The first-order chi connectivity index (χ1) is 19.4. The lowest BCUT2D eigenvalue weighted by Crippen LogP contribution is -2.10. The third kappa shape index (κ3) is 18.7. The Morgan fingerprint density at radius 2 is 1.00 bits per heavy atom. The van der Waals surface area contributed by atoms with Gasteiger partial charge < -0.3 is 15.6 Å². The summed E-state index contributed by atoms with van der Waals surface area (Å²) in [6.45, 7) is 24.0. The highest BCUT2D eigenvalue weighted by molar-refractivity contribution is 5.78. The average molecular weight is 558 g/mol.